The number of anilines is 1. The minimum Gasteiger partial charge on any atom is -0.325 e. The van der Waals surface area contributed by atoms with E-state index in [1.165, 1.54) is 0 Å². The summed E-state index contributed by atoms with van der Waals surface area (Å²) in [6.45, 7) is 0. The van der Waals surface area contributed by atoms with Gasteiger partial charge in [0.1, 0.15) is 0 Å². The molecule has 4 aromatic rings. The quantitative estimate of drug-likeness (QED) is 0.132. The molecule has 6 nitrogen and oxygen atoms in total. The maximum Gasteiger partial charge on any atom is 0.256 e. The second-order valence-corrected chi connectivity index (χ2v) is 10.9. The number of rotatable bonds is 11. The number of hydrogen-bond acceptors (Lipinski definition) is 5. The lowest BCUT2D eigenvalue weighted by Crippen LogP contribution is -2.25. The van der Waals surface area contributed by atoms with Gasteiger partial charge in [0.2, 0.25) is 5.91 Å². The van der Waals surface area contributed by atoms with Crippen LogP contribution in [-0.4, -0.2) is 23.4 Å². The zero-order chi connectivity index (χ0) is 29.9. The molecule has 0 fully saturated rings. The fraction of sp³-hybridized carbons (Fsp3) is 0.0909. The Hall–Kier alpha value is -4.35. The highest BCUT2D eigenvalue weighted by Crippen LogP contribution is 2.37. The molecular weight excluding hydrogens is 589 g/mol. The van der Waals surface area contributed by atoms with Crippen LogP contribution in [0.1, 0.15) is 38.6 Å². The summed E-state index contributed by atoms with van der Waals surface area (Å²) in [5.74, 6) is -1.98. The van der Waals surface area contributed by atoms with Crippen LogP contribution < -0.4 is 10.6 Å². The first-order valence-electron chi connectivity index (χ1n) is 12.9. The Morgan fingerprint density at radius 1 is 0.810 bits per heavy atom. The highest BCUT2D eigenvalue weighted by Gasteiger charge is 2.28. The largest absolute Gasteiger partial charge is 0.325 e. The fourth-order valence-electron chi connectivity index (χ4n) is 4.19. The molecule has 0 bridgehead atoms. The van der Waals surface area contributed by atoms with E-state index < -0.39 is 11.8 Å². The van der Waals surface area contributed by atoms with Crippen LogP contribution in [0.2, 0.25) is 10.0 Å². The Kier molecular flexibility index (Phi) is 11.0. The molecule has 4 rings (SSSR count). The van der Waals surface area contributed by atoms with Gasteiger partial charge < -0.3 is 10.6 Å². The molecule has 42 heavy (non-hydrogen) atoms. The maximum absolute atomic E-state index is 13.4. The number of nitrogens with zero attached hydrogens (tertiary/aromatic N) is 1. The first kappa shape index (κ1) is 30.6. The molecule has 0 aliphatic heterocycles. The van der Waals surface area contributed by atoms with E-state index in [4.69, 9.17) is 23.2 Å². The van der Waals surface area contributed by atoms with Crippen molar-refractivity contribution in [1.29, 1.82) is 5.26 Å². The average molecular weight is 615 g/mol. The molecule has 4 aromatic carbocycles. The van der Waals surface area contributed by atoms with Gasteiger partial charge in [-0.05, 0) is 42.0 Å². The standard InChI is InChI=1S/C33H25Cl2N3O3S/c34-24-14-9-15-25(18-24)37-31(40)21-42-33(38-32(41)23-12-5-2-6-13-23)28(20-36)27(26-16-7-8-17-29(26)35)19-30(39)22-10-3-1-4-11-22/h1-18,27H,19,21H2,(H,37,40)(H,38,41)/b33-28+/t27-/m0/s1. The van der Waals surface area contributed by atoms with Gasteiger partial charge in [-0.25, -0.2) is 0 Å². The van der Waals surface area contributed by atoms with Crippen LogP contribution in [0.5, 0.6) is 0 Å². The number of amides is 2. The predicted molar refractivity (Wildman–Crippen MR) is 169 cm³/mol. The number of nitrogens with one attached hydrogen (secondary N) is 2. The summed E-state index contributed by atoms with van der Waals surface area (Å²) < 4.78 is 0. The zero-order valence-electron chi connectivity index (χ0n) is 22.2. The predicted octanol–water partition coefficient (Wildman–Crippen LogP) is 7.89. The summed E-state index contributed by atoms with van der Waals surface area (Å²) in [6, 6.07) is 33.1. The summed E-state index contributed by atoms with van der Waals surface area (Å²) in [5, 5.41) is 17.0. The molecule has 2 N–H and O–H groups in total. The van der Waals surface area contributed by atoms with Gasteiger partial charge >= 0.3 is 0 Å². The number of thioether (sulfide) groups is 1. The fourth-order valence-corrected chi connectivity index (χ4v) is 5.50. The molecular formula is C33H25Cl2N3O3S. The highest BCUT2D eigenvalue weighted by atomic mass is 35.5. The van der Waals surface area contributed by atoms with Gasteiger partial charge in [0.25, 0.3) is 5.91 Å². The third-order valence-electron chi connectivity index (χ3n) is 6.20. The summed E-state index contributed by atoms with van der Waals surface area (Å²) in [6.07, 6.45) is -0.0867. The molecule has 0 saturated heterocycles. The third-order valence-corrected chi connectivity index (χ3v) is 7.79. The van der Waals surface area contributed by atoms with Crippen molar-refractivity contribution in [2.24, 2.45) is 0 Å². The van der Waals surface area contributed by atoms with Gasteiger partial charge in [-0.15, -0.1) is 0 Å². The topological polar surface area (TPSA) is 99.1 Å². The second kappa shape index (κ2) is 15.0. The zero-order valence-corrected chi connectivity index (χ0v) is 24.5. The Balaban J connectivity index is 1.72. The maximum atomic E-state index is 13.4. The van der Waals surface area contributed by atoms with E-state index >= 15 is 0 Å². The van der Waals surface area contributed by atoms with E-state index in [-0.39, 0.29) is 34.5 Å². The number of Topliss-reactive ketones (excluding diaryl/α,β-unsaturated/α-hetero) is 1. The number of hydrogen-bond donors (Lipinski definition) is 2. The number of allylic oxidation sites excluding steroid dienone is 1. The molecule has 9 heteroatoms. The van der Waals surface area contributed by atoms with Crippen molar-refractivity contribution >= 4 is 58.2 Å². The summed E-state index contributed by atoms with van der Waals surface area (Å²) in [4.78, 5) is 39.5. The average Bonchev–Trinajstić information content (AvgIpc) is 3.00. The highest BCUT2D eigenvalue weighted by molar-refractivity contribution is 8.03. The van der Waals surface area contributed by atoms with Crippen molar-refractivity contribution in [3.63, 3.8) is 0 Å². The summed E-state index contributed by atoms with van der Waals surface area (Å²) >= 11 is 13.6. The van der Waals surface area contributed by atoms with Crippen LogP contribution in [0, 0.1) is 11.3 Å². The van der Waals surface area contributed by atoms with Crippen molar-refractivity contribution in [2.45, 2.75) is 12.3 Å². The van der Waals surface area contributed by atoms with E-state index in [1.807, 2.05) is 6.07 Å². The first-order valence-corrected chi connectivity index (χ1v) is 14.6. The molecule has 210 valence electrons. The Bertz CT molecular complexity index is 1650. The van der Waals surface area contributed by atoms with Crippen molar-refractivity contribution in [2.75, 3.05) is 11.1 Å². The van der Waals surface area contributed by atoms with Gasteiger partial charge in [-0.1, -0.05) is 108 Å². The van der Waals surface area contributed by atoms with Crippen LogP contribution in [0.4, 0.5) is 5.69 Å². The Morgan fingerprint density at radius 3 is 2.10 bits per heavy atom. The lowest BCUT2D eigenvalue weighted by Gasteiger charge is -2.21. The third kappa shape index (κ3) is 8.34. The molecule has 0 spiro atoms. The van der Waals surface area contributed by atoms with Gasteiger partial charge in [0.15, 0.2) is 5.78 Å². The minimum absolute atomic E-state index is 0.0867. The van der Waals surface area contributed by atoms with Gasteiger partial charge in [-0.3, -0.25) is 14.4 Å². The molecule has 0 aromatic heterocycles. The summed E-state index contributed by atoms with van der Waals surface area (Å²) in [5.41, 5.74) is 2.02. The Morgan fingerprint density at radius 2 is 1.45 bits per heavy atom. The molecule has 0 heterocycles. The minimum atomic E-state index is -0.800. The number of benzene rings is 4. The van der Waals surface area contributed by atoms with Crippen LogP contribution in [0.3, 0.4) is 0 Å². The lowest BCUT2D eigenvalue weighted by atomic mass is 9.86. The van der Waals surface area contributed by atoms with Crippen molar-refractivity contribution in [3.05, 3.63) is 147 Å². The molecule has 2 amide bonds. The van der Waals surface area contributed by atoms with E-state index in [0.717, 1.165) is 11.8 Å². The van der Waals surface area contributed by atoms with E-state index in [0.29, 0.717) is 32.4 Å². The van der Waals surface area contributed by atoms with Crippen molar-refractivity contribution in [1.82, 2.24) is 5.32 Å². The van der Waals surface area contributed by atoms with Gasteiger partial charge in [0, 0.05) is 39.2 Å². The van der Waals surface area contributed by atoms with E-state index in [2.05, 4.69) is 16.7 Å². The second-order valence-electron chi connectivity index (χ2n) is 9.09. The molecule has 0 aliphatic carbocycles. The Labute approximate surface area is 258 Å². The van der Waals surface area contributed by atoms with Crippen LogP contribution in [0.15, 0.2) is 120 Å². The SMILES string of the molecule is N#C/C(=C(/NC(=O)c1ccccc1)SCC(=O)Nc1cccc(Cl)c1)[C@@H](CC(=O)c1ccccc1)c1ccccc1Cl. The van der Waals surface area contributed by atoms with Crippen LogP contribution in [0.25, 0.3) is 0 Å². The molecule has 0 radical (unpaired) electrons. The van der Waals surface area contributed by atoms with Crippen molar-refractivity contribution in [3.8, 4) is 6.07 Å². The first-order chi connectivity index (χ1) is 20.4. The number of carbonyl (C=O) groups is 3. The molecule has 0 unspecified atom stereocenters. The molecule has 0 saturated carbocycles. The number of ketones is 1. The monoisotopic (exact) mass is 613 g/mol. The lowest BCUT2D eigenvalue weighted by molar-refractivity contribution is -0.113. The normalized spacial score (nSPS) is 11.9. The van der Waals surface area contributed by atoms with Gasteiger partial charge in [0.05, 0.1) is 22.4 Å². The smallest absolute Gasteiger partial charge is 0.256 e. The van der Waals surface area contributed by atoms with Crippen molar-refractivity contribution < 1.29 is 14.4 Å². The molecule has 1 atom stereocenters. The van der Waals surface area contributed by atoms with Crippen LogP contribution in [-0.2, 0) is 4.79 Å². The summed E-state index contributed by atoms with van der Waals surface area (Å²) in [7, 11) is 0. The molecule has 0 aliphatic rings. The van der Waals surface area contributed by atoms with Crippen LogP contribution >= 0.6 is 35.0 Å². The van der Waals surface area contributed by atoms with E-state index in [1.54, 1.807) is 103 Å². The van der Waals surface area contributed by atoms with E-state index in [9.17, 15) is 19.6 Å². The number of nitriles is 1. The van der Waals surface area contributed by atoms with Gasteiger partial charge in [-0.2, -0.15) is 5.26 Å². The number of carbonyl (C=O) groups excluding carboxylic acids is 3. The number of halogens is 2.